The van der Waals surface area contributed by atoms with E-state index in [9.17, 15) is 9.59 Å². The van der Waals surface area contributed by atoms with Gasteiger partial charge in [0, 0.05) is 44.6 Å². The number of aromatic nitrogens is 1. The van der Waals surface area contributed by atoms with Crippen LogP contribution in [0.2, 0.25) is 5.02 Å². The van der Waals surface area contributed by atoms with Crippen LogP contribution in [0.4, 0.5) is 0 Å². The van der Waals surface area contributed by atoms with E-state index >= 15 is 0 Å². The van der Waals surface area contributed by atoms with Crippen molar-refractivity contribution in [1.29, 1.82) is 0 Å². The number of piperazine rings is 1. The van der Waals surface area contributed by atoms with Crippen LogP contribution in [0.15, 0.2) is 120 Å². The third-order valence-electron chi connectivity index (χ3n) is 8.56. The van der Waals surface area contributed by atoms with E-state index in [1.54, 1.807) is 18.2 Å². The first-order valence-corrected chi connectivity index (χ1v) is 16.3. The molecule has 8 heteroatoms. The molecule has 7 nitrogen and oxygen atoms in total. The van der Waals surface area contributed by atoms with Crippen molar-refractivity contribution in [3.8, 4) is 0 Å². The van der Waals surface area contributed by atoms with Gasteiger partial charge in [-0.25, -0.2) is 0 Å². The molecule has 2 aromatic heterocycles. The van der Waals surface area contributed by atoms with Gasteiger partial charge < -0.3 is 18.8 Å². The molecule has 6 rings (SSSR count). The second kappa shape index (κ2) is 14.7. The van der Waals surface area contributed by atoms with Crippen molar-refractivity contribution in [3.63, 3.8) is 0 Å². The number of rotatable bonds is 11. The van der Waals surface area contributed by atoms with Crippen molar-refractivity contribution < 1.29 is 14.0 Å². The molecule has 0 atom stereocenters. The van der Waals surface area contributed by atoms with Crippen molar-refractivity contribution in [2.24, 2.45) is 0 Å². The highest BCUT2D eigenvalue weighted by atomic mass is 35.5. The highest BCUT2D eigenvalue weighted by Crippen LogP contribution is 2.30. The average Bonchev–Trinajstić information content (AvgIpc) is 3.75. The largest absolute Gasteiger partial charge is 0.454 e. The highest BCUT2D eigenvalue weighted by Gasteiger charge is 2.29. The average molecular weight is 635 g/mol. The Morgan fingerprint density at radius 1 is 0.804 bits per heavy atom. The molecule has 0 radical (unpaired) electrons. The van der Waals surface area contributed by atoms with Gasteiger partial charge in [0.1, 0.15) is 5.76 Å². The Balaban J connectivity index is 1.09. The van der Waals surface area contributed by atoms with Crippen molar-refractivity contribution in [1.82, 2.24) is 19.3 Å². The zero-order valence-corrected chi connectivity index (χ0v) is 26.9. The van der Waals surface area contributed by atoms with E-state index in [2.05, 4.69) is 64.9 Å². The molecule has 0 saturated carbocycles. The Kier molecular flexibility index (Phi) is 10.0. The van der Waals surface area contributed by atoms with Gasteiger partial charge in [0.25, 0.3) is 11.8 Å². The maximum Gasteiger partial charge on any atom is 0.289 e. The lowest BCUT2D eigenvalue weighted by molar-refractivity contribution is 0.0565. The van der Waals surface area contributed by atoms with Gasteiger partial charge in [-0.3, -0.25) is 14.5 Å². The molecule has 5 aromatic rings. The zero-order valence-electron chi connectivity index (χ0n) is 26.1. The molecule has 0 spiro atoms. The Hall–Kier alpha value is -4.59. The zero-order chi connectivity index (χ0) is 31.9. The maximum absolute atomic E-state index is 13.5. The summed E-state index contributed by atoms with van der Waals surface area (Å²) in [6.07, 6.45) is 2.80. The molecule has 2 amide bonds. The molecule has 0 bridgehead atoms. The fourth-order valence-corrected chi connectivity index (χ4v) is 6.46. The molecule has 1 aliphatic rings. The number of benzene rings is 3. The molecular formula is C38H39ClN4O3. The fourth-order valence-electron chi connectivity index (χ4n) is 6.24. The monoisotopic (exact) mass is 634 g/mol. The van der Waals surface area contributed by atoms with Crippen LogP contribution in [0, 0.1) is 0 Å². The number of furan rings is 1. The van der Waals surface area contributed by atoms with E-state index in [0.717, 1.165) is 25.2 Å². The van der Waals surface area contributed by atoms with E-state index in [4.69, 9.17) is 16.0 Å². The predicted molar refractivity (Wildman–Crippen MR) is 181 cm³/mol. The minimum Gasteiger partial charge on any atom is -0.454 e. The van der Waals surface area contributed by atoms with Crippen molar-refractivity contribution in [2.75, 3.05) is 32.7 Å². The quantitative estimate of drug-likeness (QED) is 0.152. The molecule has 3 heterocycles. The minimum atomic E-state index is -0.0926. The molecule has 0 N–H and O–H groups in total. The van der Waals surface area contributed by atoms with Crippen LogP contribution in [0.3, 0.4) is 0 Å². The molecule has 1 saturated heterocycles. The van der Waals surface area contributed by atoms with Crippen molar-refractivity contribution in [3.05, 3.63) is 154 Å². The lowest BCUT2D eigenvalue weighted by Crippen LogP contribution is -2.49. The van der Waals surface area contributed by atoms with E-state index in [-0.39, 0.29) is 17.9 Å². The molecule has 1 aliphatic heterocycles. The summed E-state index contributed by atoms with van der Waals surface area (Å²) in [7, 11) is 0. The van der Waals surface area contributed by atoms with Gasteiger partial charge in [0.15, 0.2) is 5.76 Å². The van der Waals surface area contributed by atoms with Crippen molar-refractivity contribution in [2.45, 2.75) is 32.5 Å². The molecule has 46 heavy (non-hydrogen) atoms. The number of hydrogen-bond acceptors (Lipinski definition) is 4. The number of nitrogens with zero attached hydrogens (tertiary/aromatic N) is 4. The van der Waals surface area contributed by atoms with Crippen LogP contribution >= 0.6 is 11.6 Å². The summed E-state index contributed by atoms with van der Waals surface area (Å²) in [6, 6.07) is 36.0. The van der Waals surface area contributed by atoms with E-state index in [0.29, 0.717) is 54.8 Å². The predicted octanol–water partition coefficient (Wildman–Crippen LogP) is 7.38. The summed E-state index contributed by atoms with van der Waals surface area (Å²) in [5.41, 5.74) is 3.97. The van der Waals surface area contributed by atoms with Gasteiger partial charge in [0.05, 0.1) is 29.7 Å². The van der Waals surface area contributed by atoms with Gasteiger partial charge in [-0.15, -0.1) is 0 Å². The third kappa shape index (κ3) is 7.11. The molecule has 236 valence electrons. The Bertz CT molecular complexity index is 1700. The smallest absolute Gasteiger partial charge is 0.289 e. The third-order valence-corrected chi connectivity index (χ3v) is 8.89. The summed E-state index contributed by atoms with van der Waals surface area (Å²) in [6.45, 7) is 6.34. The Labute approximate surface area is 275 Å². The minimum absolute atomic E-state index is 0.0888. The first-order chi connectivity index (χ1) is 22.5. The normalized spacial score (nSPS) is 13.7. The van der Waals surface area contributed by atoms with E-state index in [1.807, 2.05) is 58.5 Å². The van der Waals surface area contributed by atoms with Crippen LogP contribution in [0.5, 0.6) is 0 Å². The first kappa shape index (κ1) is 31.4. The number of amides is 2. The molecule has 0 aliphatic carbocycles. The van der Waals surface area contributed by atoms with Crippen molar-refractivity contribution >= 4 is 23.4 Å². The fraction of sp³-hybridized carbons (Fsp3) is 0.263. The second-order valence-electron chi connectivity index (χ2n) is 11.7. The van der Waals surface area contributed by atoms with Gasteiger partial charge in [-0.2, -0.15) is 0 Å². The van der Waals surface area contributed by atoms with Crippen LogP contribution < -0.4 is 0 Å². The van der Waals surface area contributed by atoms with Crippen LogP contribution in [0.25, 0.3) is 0 Å². The lowest BCUT2D eigenvalue weighted by Gasteiger charge is -2.39. The number of carbonyl (C=O) groups excluding carboxylic acids is 2. The lowest BCUT2D eigenvalue weighted by atomic mass is 9.96. The summed E-state index contributed by atoms with van der Waals surface area (Å²) in [4.78, 5) is 33.0. The molecule has 1 fully saturated rings. The maximum atomic E-state index is 13.5. The van der Waals surface area contributed by atoms with Crippen LogP contribution in [-0.4, -0.2) is 63.8 Å². The van der Waals surface area contributed by atoms with Gasteiger partial charge in [-0.1, -0.05) is 91.3 Å². The Morgan fingerprint density at radius 3 is 2.11 bits per heavy atom. The topological polar surface area (TPSA) is 61.9 Å². The first-order valence-electron chi connectivity index (χ1n) is 15.9. The van der Waals surface area contributed by atoms with Gasteiger partial charge in [0.2, 0.25) is 0 Å². The molecular weight excluding hydrogens is 596 g/mol. The van der Waals surface area contributed by atoms with Gasteiger partial charge in [-0.05, 0) is 53.9 Å². The van der Waals surface area contributed by atoms with Crippen LogP contribution in [0.1, 0.15) is 62.9 Å². The highest BCUT2D eigenvalue weighted by molar-refractivity contribution is 6.33. The molecule has 3 aromatic carbocycles. The number of halogens is 1. The second-order valence-corrected chi connectivity index (χ2v) is 12.1. The summed E-state index contributed by atoms with van der Waals surface area (Å²) in [5.74, 6) is 0.854. The van der Waals surface area contributed by atoms with Gasteiger partial charge >= 0.3 is 0 Å². The summed E-state index contributed by atoms with van der Waals surface area (Å²) < 4.78 is 8.16. The standard InChI is InChI=1S/C38H39ClN4O3/c1-2-21-43(37(44)33-17-9-10-18-34(33)39)27-31-16-11-22-42(31)28-32-19-20-35(46-32)38(45)41-25-23-40(24-26-41)36(29-12-5-3-6-13-29)30-14-7-4-8-15-30/h3-20,22,36H,2,21,23-28H2,1H3. The Morgan fingerprint density at radius 2 is 1.46 bits per heavy atom. The van der Waals surface area contributed by atoms with E-state index in [1.165, 1.54) is 11.1 Å². The summed E-state index contributed by atoms with van der Waals surface area (Å²) >= 11 is 6.34. The van der Waals surface area contributed by atoms with E-state index < -0.39 is 0 Å². The molecule has 0 unspecified atom stereocenters. The van der Waals surface area contributed by atoms with Crippen LogP contribution in [-0.2, 0) is 13.1 Å². The number of carbonyl (C=O) groups is 2. The summed E-state index contributed by atoms with van der Waals surface area (Å²) in [5, 5.41) is 0.449. The SMILES string of the molecule is CCCN(Cc1cccn1Cc1ccc(C(=O)N2CCN(C(c3ccccc3)c3ccccc3)CC2)o1)C(=O)c1ccccc1Cl. The number of hydrogen-bond donors (Lipinski definition) is 0.